The fourth-order valence-corrected chi connectivity index (χ4v) is 5.94. The van der Waals surface area contributed by atoms with Crippen LogP contribution in [0.25, 0.3) is 5.57 Å². The molecule has 4 aliphatic heterocycles. The molecule has 0 saturated carbocycles. The lowest BCUT2D eigenvalue weighted by atomic mass is 9.68. The molecule has 0 aromatic heterocycles. The first-order valence-electron chi connectivity index (χ1n) is 12.7. The average Bonchev–Trinajstić information content (AvgIpc) is 2.78. The van der Waals surface area contributed by atoms with Crippen LogP contribution in [0.2, 0.25) is 0 Å². The van der Waals surface area contributed by atoms with Crippen molar-refractivity contribution in [2.45, 2.75) is 72.1 Å². The van der Waals surface area contributed by atoms with Gasteiger partial charge in [0, 0.05) is 43.0 Å². The van der Waals surface area contributed by atoms with Crippen molar-refractivity contribution in [3.05, 3.63) is 40.2 Å². The lowest BCUT2D eigenvalue weighted by molar-refractivity contribution is -0.135. The molecule has 0 radical (unpaired) electrons. The monoisotopic (exact) mass is 477 g/mol. The smallest absolute Gasteiger partial charge is 0.333 e. The van der Waals surface area contributed by atoms with Gasteiger partial charge in [-0.1, -0.05) is 27.7 Å². The number of fused-ring (bicyclic) bond motifs is 2. The molecule has 1 fully saturated rings. The summed E-state index contributed by atoms with van der Waals surface area (Å²) >= 11 is 0. The molecule has 7 heteroatoms. The summed E-state index contributed by atoms with van der Waals surface area (Å²) in [4.78, 5) is 44.0. The Kier molecular flexibility index (Phi) is 5.20. The molecule has 0 N–H and O–H groups in total. The number of nitrogens with zero attached hydrogens (tertiary/aromatic N) is 3. The van der Waals surface area contributed by atoms with Crippen LogP contribution in [0.3, 0.4) is 0 Å². The molecule has 1 aromatic rings. The molecule has 0 atom stereocenters. The summed E-state index contributed by atoms with van der Waals surface area (Å²) in [6.45, 7) is 16.9. The van der Waals surface area contributed by atoms with Gasteiger partial charge in [-0.05, 0) is 67.7 Å². The number of rotatable bonds is 2. The van der Waals surface area contributed by atoms with E-state index in [-0.39, 0.29) is 35.3 Å². The molecule has 0 spiro atoms. The first-order valence-corrected chi connectivity index (χ1v) is 12.7. The predicted octanol–water partition coefficient (Wildman–Crippen LogP) is 4.74. The number of allylic oxidation sites excluding steroid dienone is 2. The molecule has 4 heterocycles. The number of hydrogen-bond donors (Lipinski definition) is 0. The zero-order valence-corrected chi connectivity index (χ0v) is 21.9. The van der Waals surface area contributed by atoms with Crippen LogP contribution in [-0.4, -0.2) is 53.8 Å². The number of imide groups is 2. The molecule has 186 valence electrons. The Morgan fingerprint density at radius 2 is 1.49 bits per heavy atom. The zero-order chi connectivity index (χ0) is 25.4. The van der Waals surface area contributed by atoms with Crippen LogP contribution < -0.4 is 9.64 Å². The normalized spacial score (nSPS) is 22.7. The van der Waals surface area contributed by atoms with E-state index < -0.39 is 17.8 Å². The lowest BCUT2D eigenvalue weighted by Gasteiger charge is -2.49. The topological polar surface area (TPSA) is 70.2 Å². The summed E-state index contributed by atoms with van der Waals surface area (Å²) in [7, 11) is 0. The summed E-state index contributed by atoms with van der Waals surface area (Å²) in [5.41, 5.74) is 5.54. The standard InChI is InChI=1S/C28H35N3O4/c1-8-30-24(32)20(25(33)31(9-2)26(30)34)19-14-16(3)17-15-18-22-21(23(17)35-19)28(6,7)11-13-29(22)12-10-27(18,4)5/h14-15H,8-13H2,1-7H3. The SMILES string of the molecule is CCN1C(=O)C(=C2C=C(C)c3cc4c5c(c3O2)C(C)(C)CCN5CCC4(C)C)C(=O)N(CC)C1=O. The summed E-state index contributed by atoms with van der Waals surface area (Å²) in [6, 6.07) is 1.68. The van der Waals surface area contributed by atoms with Gasteiger partial charge in [0.05, 0.1) is 0 Å². The highest BCUT2D eigenvalue weighted by molar-refractivity contribution is 6.29. The number of ether oxygens (including phenoxy) is 1. The van der Waals surface area contributed by atoms with Gasteiger partial charge in [0.25, 0.3) is 11.8 Å². The van der Waals surface area contributed by atoms with Gasteiger partial charge in [-0.15, -0.1) is 0 Å². The van der Waals surface area contributed by atoms with Crippen molar-refractivity contribution >= 4 is 29.1 Å². The summed E-state index contributed by atoms with van der Waals surface area (Å²) in [6.07, 6.45) is 3.87. The van der Waals surface area contributed by atoms with Crippen LogP contribution >= 0.6 is 0 Å². The third-order valence-corrected chi connectivity index (χ3v) is 8.23. The van der Waals surface area contributed by atoms with Crippen molar-refractivity contribution in [1.82, 2.24) is 9.80 Å². The minimum absolute atomic E-state index is 0.0426. The van der Waals surface area contributed by atoms with Gasteiger partial charge in [0.1, 0.15) is 17.1 Å². The Morgan fingerprint density at radius 3 is 2.06 bits per heavy atom. The van der Waals surface area contributed by atoms with E-state index in [1.165, 1.54) is 11.3 Å². The van der Waals surface area contributed by atoms with Crippen LogP contribution in [0.5, 0.6) is 5.75 Å². The largest absolute Gasteiger partial charge is 0.455 e. The van der Waals surface area contributed by atoms with Gasteiger partial charge >= 0.3 is 6.03 Å². The summed E-state index contributed by atoms with van der Waals surface area (Å²) in [5.74, 6) is -0.220. The highest BCUT2D eigenvalue weighted by Gasteiger charge is 2.46. The molecule has 0 unspecified atom stereocenters. The second kappa shape index (κ2) is 7.70. The number of hydrogen-bond acceptors (Lipinski definition) is 5. The number of carbonyl (C=O) groups is 3. The highest BCUT2D eigenvalue weighted by Crippen LogP contribution is 2.55. The van der Waals surface area contributed by atoms with Crippen molar-refractivity contribution < 1.29 is 19.1 Å². The maximum atomic E-state index is 13.3. The highest BCUT2D eigenvalue weighted by atomic mass is 16.5. The maximum Gasteiger partial charge on any atom is 0.333 e. The third kappa shape index (κ3) is 3.27. The quantitative estimate of drug-likeness (QED) is 0.455. The minimum atomic E-state index is -0.594. The van der Waals surface area contributed by atoms with E-state index in [1.807, 2.05) is 6.92 Å². The van der Waals surface area contributed by atoms with Crippen LogP contribution in [0, 0.1) is 0 Å². The number of benzene rings is 1. The molecule has 0 aliphatic carbocycles. The van der Waals surface area contributed by atoms with Gasteiger partial charge in [-0.2, -0.15) is 0 Å². The van der Waals surface area contributed by atoms with Crippen LogP contribution in [0.15, 0.2) is 23.5 Å². The lowest BCUT2D eigenvalue weighted by Crippen LogP contribution is -2.56. The van der Waals surface area contributed by atoms with E-state index in [2.05, 4.69) is 38.7 Å². The molecule has 7 nitrogen and oxygen atoms in total. The van der Waals surface area contributed by atoms with Crippen molar-refractivity contribution in [3.63, 3.8) is 0 Å². The van der Waals surface area contributed by atoms with Crippen molar-refractivity contribution in [3.8, 4) is 5.75 Å². The second-order valence-electron chi connectivity index (χ2n) is 11.3. The maximum absolute atomic E-state index is 13.3. The van der Waals surface area contributed by atoms with E-state index in [0.29, 0.717) is 0 Å². The molecular weight excluding hydrogens is 442 g/mol. The van der Waals surface area contributed by atoms with Gasteiger partial charge in [-0.25, -0.2) is 4.79 Å². The Morgan fingerprint density at radius 1 is 0.914 bits per heavy atom. The first-order chi connectivity index (χ1) is 16.4. The zero-order valence-electron chi connectivity index (χ0n) is 21.9. The number of anilines is 1. The Labute approximate surface area is 207 Å². The fourth-order valence-electron chi connectivity index (χ4n) is 5.94. The van der Waals surface area contributed by atoms with Crippen LogP contribution in [0.4, 0.5) is 10.5 Å². The summed E-state index contributed by atoms with van der Waals surface area (Å²) < 4.78 is 6.55. The number of carbonyl (C=O) groups excluding carboxylic acids is 3. The molecule has 35 heavy (non-hydrogen) atoms. The Balaban J connectivity index is 1.76. The predicted molar refractivity (Wildman–Crippen MR) is 135 cm³/mol. The van der Waals surface area contributed by atoms with E-state index in [0.717, 1.165) is 58.2 Å². The molecule has 4 aliphatic rings. The van der Waals surface area contributed by atoms with Gasteiger partial charge in [0.15, 0.2) is 0 Å². The van der Waals surface area contributed by atoms with Crippen LogP contribution in [0.1, 0.15) is 78.0 Å². The van der Waals surface area contributed by atoms with E-state index >= 15 is 0 Å². The Hall–Kier alpha value is -3.09. The number of likely N-dealkylation sites (N-methyl/N-ethyl adjacent to an activating group) is 2. The number of urea groups is 1. The van der Waals surface area contributed by atoms with Gasteiger partial charge in [0.2, 0.25) is 0 Å². The molecule has 4 amide bonds. The fraction of sp³-hybridized carbons (Fsp3) is 0.536. The second-order valence-corrected chi connectivity index (χ2v) is 11.3. The first kappa shape index (κ1) is 23.6. The Bertz CT molecular complexity index is 1210. The van der Waals surface area contributed by atoms with Crippen LogP contribution in [-0.2, 0) is 20.4 Å². The average molecular weight is 478 g/mol. The van der Waals surface area contributed by atoms with Crippen molar-refractivity contribution in [2.24, 2.45) is 0 Å². The van der Waals surface area contributed by atoms with E-state index in [9.17, 15) is 14.4 Å². The third-order valence-electron chi connectivity index (χ3n) is 8.23. The van der Waals surface area contributed by atoms with Crippen molar-refractivity contribution in [1.29, 1.82) is 0 Å². The molecule has 1 saturated heterocycles. The molecule has 1 aromatic carbocycles. The van der Waals surface area contributed by atoms with E-state index in [1.54, 1.807) is 19.9 Å². The number of amides is 4. The molecule has 0 bridgehead atoms. The summed E-state index contributed by atoms with van der Waals surface area (Å²) in [5, 5.41) is 0. The van der Waals surface area contributed by atoms with Gasteiger partial charge < -0.3 is 9.64 Å². The van der Waals surface area contributed by atoms with Gasteiger partial charge in [-0.3, -0.25) is 19.4 Å². The molecular formula is C28H35N3O4. The number of barbiturate groups is 1. The molecule has 5 rings (SSSR count). The van der Waals surface area contributed by atoms with E-state index in [4.69, 9.17) is 4.74 Å². The minimum Gasteiger partial charge on any atom is -0.455 e. The van der Waals surface area contributed by atoms with Crippen molar-refractivity contribution in [2.75, 3.05) is 31.1 Å².